The van der Waals surface area contributed by atoms with Gasteiger partial charge in [0.05, 0.1) is 6.04 Å². The Morgan fingerprint density at radius 1 is 1.17 bits per heavy atom. The summed E-state index contributed by atoms with van der Waals surface area (Å²) in [6, 6.07) is -0.718. The normalized spacial score (nSPS) is 7.83. The van der Waals surface area contributed by atoms with Crippen molar-refractivity contribution in [3.63, 3.8) is 0 Å². The third-order valence-electron chi connectivity index (χ3n) is 1.02. The summed E-state index contributed by atoms with van der Waals surface area (Å²) in [6.07, 6.45) is 0. The van der Waals surface area contributed by atoms with E-state index in [2.05, 4.69) is 19.3 Å². The first-order valence-corrected chi connectivity index (χ1v) is 3.33. The van der Waals surface area contributed by atoms with E-state index >= 15 is 0 Å². The standard InChI is InChI=1S/C6H10NO2.C2H5.Y/c1-4(8)6(7-3)5(2)9;1-2;/h6-7H,3H2,1-2H3;1H2,2H3;/q2*-1;. The zero-order valence-corrected chi connectivity index (χ0v) is 10.7. The number of carbonyl (C=O) groups excluding carboxylic acids is 2. The van der Waals surface area contributed by atoms with Gasteiger partial charge in [-0.25, -0.2) is 0 Å². The van der Waals surface area contributed by atoms with Crippen LogP contribution in [0.5, 0.6) is 0 Å². The Morgan fingerprint density at radius 3 is 1.42 bits per heavy atom. The Balaban J connectivity index is -0.000000249. The molecule has 3 nitrogen and oxygen atoms in total. The Morgan fingerprint density at radius 2 is 1.42 bits per heavy atom. The van der Waals surface area contributed by atoms with Crippen LogP contribution in [0.2, 0.25) is 0 Å². The zero-order valence-electron chi connectivity index (χ0n) is 7.89. The molecule has 1 N–H and O–H groups in total. The Hall–Kier alpha value is 0.404. The fraction of sp³-hybridized carbons (Fsp3) is 0.500. The first kappa shape index (κ1) is 18.2. The van der Waals surface area contributed by atoms with Crippen LogP contribution in [-0.4, -0.2) is 17.6 Å². The minimum Gasteiger partial charge on any atom is -0.458 e. The van der Waals surface area contributed by atoms with E-state index in [1.807, 2.05) is 0 Å². The first-order chi connectivity index (χ1) is 5.09. The summed E-state index contributed by atoms with van der Waals surface area (Å²) in [5.41, 5.74) is 0. The summed E-state index contributed by atoms with van der Waals surface area (Å²) in [7, 11) is 3.24. The van der Waals surface area contributed by atoms with E-state index in [0.717, 1.165) is 0 Å². The van der Waals surface area contributed by atoms with Gasteiger partial charge in [-0.1, -0.05) is 0 Å². The van der Waals surface area contributed by atoms with Crippen LogP contribution in [-0.2, 0) is 42.3 Å². The number of hydrogen-bond acceptors (Lipinski definition) is 3. The second kappa shape index (κ2) is 11.4. The molecule has 0 aromatic carbocycles. The van der Waals surface area contributed by atoms with Crippen molar-refractivity contribution >= 4 is 11.6 Å². The Labute approximate surface area is 99.6 Å². The van der Waals surface area contributed by atoms with Gasteiger partial charge in [0, 0.05) is 32.7 Å². The molecule has 0 atom stereocenters. The van der Waals surface area contributed by atoms with E-state index < -0.39 is 6.04 Å². The second-order valence-electron chi connectivity index (χ2n) is 1.86. The molecule has 1 radical (unpaired) electrons. The van der Waals surface area contributed by atoms with Gasteiger partial charge in [-0.05, 0) is 13.8 Å². The molecule has 12 heavy (non-hydrogen) atoms. The topological polar surface area (TPSA) is 46.2 Å². The molecule has 0 aliphatic carbocycles. The molecule has 0 unspecified atom stereocenters. The molecule has 0 spiro atoms. The van der Waals surface area contributed by atoms with Crippen molar-refractivity contribution < 1.29 is 42.3 Å². The first-order valence-electron chi connectivity index (χ1n) is 3.33. The van der Waals surface area contributed by atoms with Crippen LogP contribution >= 0.6 is 0 Å². The Bertz CT molecular complexity index is 123. The van der Waals surface area contributed by atoms with Crippen molar-refractivity contribution in [3.05, 3.63) is 14.0 Å². The van der Waals surface area contributed by atoms with E-state index in [0.29, 0.717) is 0 Å². The molecular weight excluding hydrogens is 231 g/mol. The molecule has 0 bridgehead atoms. The van der Waals surface area contributed by atoms with Crippen molar-refractivity contribution in [3.8, 4) is 0 Å². The summed E-state index contributed by atoms with van der Waals surface area (Å²) < 4.78 is 0. The van der Waals surface area contributed by atoms with Gasteiger partial charge in [0.25, 0.3) is 0 Å². The van der Waals surface area contributed by atoms with E-state index in [1.54, 1.807) is 6.92 Å². The van der Waals surface area contributed by atoms with Crippen molar-refractivity contribution in [2.45, 2.75) is 26.8 Å². The molecule has 0 saturated carbocycles. The monoisotopic (exact) mass is 246 g/mol. The smallest absolute Gasteiger partial charge is 0.151 e. The van der Waals surface area contributed by atoms with Gasteiger partial charge < -0.3 is 12.2 Å². The molecule has 0 saturated heterocycles. The molecule has 69 valence electrons. The molecule has 0 heterocycles. The predicted octanol–water partition coefficient (Wildman–Crippen LogP) is 0.752. The summed E-state index contributed by atoms with van der Waals surface area (Å²) in [4.78, 5) is 21.0. The largest absolute Gasteiger partial charge is 0.458 e. The SMILES string of the molecule is [CH2-]C.[CH2-]NC(C(C)=O)C(C)=O.[Y]. The van der Waals surface area contributed by atoms with E-state index in [4.69, 9.17) is 0 Å². The van der Waals surface area contributed by atoms with Gasteiger partial charge in [0.1, 0.15) is 0 Å². The molecule has 0 fully saturated rings. The van der Waals surface area contributed by atoms with Crippen LogP contribution in [0.25, 0.3) is 0 Å². The minimum atomic E-state index is -0.718. The minimum absolute atomic E-state index is 0. The van der Waals surface area contributed by atoms with Gasteiger partial charge >= 0.3 is 0 Å². The summed E-state index contributed by atoms with van der Waals surface area (Å²) in [5.74, 6) is -0.394. The maximum atomic E-state index is 10.5. The van der Waals surface area contributed by atoms with Crippen LogP contribution in [0.4, 0.5) is 0 Å². The third-order valence-corrected chi connectivity index (χ3v) is 1.02. The van der Waals surface area contributed by atoms with Crippen molar-refractivity contribution in [2.24, 2.45) is 0 Å². The van der Waals surface area contributed by atoms with Crippen LogP contribution in [0.1, 0.15) is 20.8 Å². The molecule has 0 aromatic heterocycles. The number of hydrogen-bond donors (Lipinski definition) is 1. The van der Waals surface area contributed by atoms with Crippen molar-refractivity contribution in [1.82, 2.24) is 5.32 Å². The summed E-state index contributed by atoms with van der Waals surface area (Å²) >= 11 is 0. The van der Waals surface area contributed by atoms with Gasteiger partial charge in [-0.3, -0.25) is 16.6 Å². The van der Waals surface area contributed by atoms with Gasteiger partial charge in [0.15, 0.2) is 11.6 Å². The predicted molar refractivity (Wildman–Crippen MR) is 44.7 cm³/mol. The number of rotatable bonds is 3. The fourth-order valence-corrected chi connectivity index (χ4v) is 0.574. The molecule has 0 rings (SSSR count). The van der Waals surface area contributed by atoms with Crippen LogP contribution < -0.4 is 5.32 Å². The van der Waals surface area contributed by atoms with Gasteiger partial charge in [0.2, 0.25) is 0 Å². The van der Waals surface area contributed by atoms with Gasteiger partial charge in [-0.15, -0.1) is 0 Å². The molecular formula is C8H15NO2Y-2. The average Bonchev–Trinajstić information content (AvgIpc) is 1.91. The van der Waals surface area contributed by atoms with Crippen LogP contribution in [0.15, 0.2) is 0 Å². The zero-order chi connectivity index (χ0) is 9.44. The summed E-state index contributed by atoms with van der Waals surface area (Å²) in [5, 5.41) is 2.35. The maximum Gasteiger partial charge on any atom is 0.151 e. The summed E-state index contributed by atoms with van der Waals surface area (Å²) in [6.45, 7) is 7.70. The number of ketones is 2. The van der Waals surface area contributed by atoms with Crippen molar-refractivity contribution in [2.75, 3.05) is 0 Å². The molecule has 0 aromatic rings. The molecule has 0 aliphatic rings. The molecule has 4 heteroatoms. The quantitative estimate of drug-likeness (QED) is 0.590. The number of Topliss-reactive ketones (excluding diaryl/α,β-unsaturated/α-hetero) is 2. The number of nitrogens with one attached hydrogen (secondary N) is 1. The van der Waals surface area contributed by atoms with Crippen LogP contribution in [0, 0.1) is 14.0 Å². The van der Waals surface area contributed by atoms with E-state index in [9.17, 15) is 9.59 Å². The second-order valence-corrected chi connectivity index (χ2v) is 1.86. The fourth-order valence-electron chi connectivity index (χ4n) is 0.574. The molecule has 0 aliphatic heterocycles. The maximum absolute atomic E-state index is 10.5. The average molecular weight is 246 g/mol. The third kappa shape index (κ3) is 8.50. The molecule has 0 amide bonds. The van der Waals surface area contributed by atoms with Crippen LogP contribution in [0.3, 0.4) is 0 Å². The van der Waals surface area contributed by atoms with Crippen molar-refractivity contribution in [1.29, 1.82) is 0 Å². The van der Waals surface area contributed by atoms with Gasteiger partial charge in [-0.2, -0.15) is 6.92 Å². The number of carbonyl (C=O) groups is 2. The Kier molecular flexibility index (Phi) is 17.3. The van der Waals surface area contributed by atoms with E-state index in [-0.39, 0.29) is 44.3 Å². The van der Waals surface area contributed by atoms with E-state index in [1.165, 1.54) is 13.8 Å².